The lowest BCUT2D eigenvalue weighted by atomic mass is 10.2. The summed E-state index contributed by atoms with van der Waals surface area (Å²) >= 11 is 0. The fraction of sp³-hybridized carbons (Fsp3) is 0.900. The zero-order valence-corrected chi connectivity index (χ0v) is 21.8. The Morgan fingerprint density at radius 1 is 0.359 bits per heavy atom. The van der Waals surface area contributed by atoms with E-state index in [1.54, 1.807) is 21.3 Å². The monoisotopic (exact) mass is 577 g/mol. The molecule has 0 heterocycles. The molecule has 0 aromatic rings. The van der Waals surface area contributed by atoms with Crippen LogP contribution in [0.15, 0.2) is 0 Å². The highest BCUT2D eigenvalue weighted by Gasteiger charge is 1.94. The molecular formula is C30H72O9. The lowest BCUT2D eigenvalue weighted by molar-refractivity contribution is -0.142. The highest BCUT2D eigenvalue weighted by molar-refractivity contribution is 5.66. The lowest BCUT2D eigenvalue weighted by Crippen LogP contribution is -2.01. The first kappa shape index (κ1) is 61.4. The summed E-state index contributed by atoms with van der Waals surface area (Å²) in [6.45, 7) is 8.24. The van der Waals surface area contributed by atoms with Crippen LogP contribution in [0, 0.1) is 0 Å². The maximum Gasteiger partial charge on any atom is 0.302 e. The van der Waals surface area contributed by atoms with Gasteiger partial charge in [-0.15, -0.1) is 0 Å². The molecule has 9 heteroatoms. The van der Waals surface area contributed by atoms with E-state index in [1.807, 2.05) is 0 Å². The summed E-state index contributed by atoms with van der Waals surface area (Å²) in [4.78, 5) is 30.8. The summed E-state index contributed by atoms with van der Waals surface area (Å²) < 4.78 is 28.8. The van der Waals surface area contributed by atoms with Gasteiger partial charge in [-0.25, -0.2) is 0 Å². The smallest absolute Gasteiger partial charge is 0.302 e. The number of unbranched alkanes of at least 4 members (excludes halogenated alkanes) is 6. The van der Waals surface area contributed by atoms with Gasteiger partial charge in [0.15, 0.2) is 0 Å². The average molecular weight is 577 g/mol. The second-order valence-electron chi connectivity index (χ2n) is 7.18. The van der Waals surface area contributed by atoms with Crippen molar-refractivity contribution in [1.82, 2.24) is 0 Å². The van der Waals surface area contributed by atoms with Crippen LogP contribution >= 0.6 is 0 Å². The second kappa shape index (κ2) is 56.5. The molecule has 0 saturated carbocycles. The predicted octanol–water partition coefficient (Wildman–Crippen LogP) is 7.92. The van der Waals surface area contributed by atoms with E-state index in [0.29, 0.717) is 19.8 Å². The van der Waals surface area contributed by atoms with Crippen molar-refractivity contribution >= 4 is 17.9 Å². The Kier molecular flexibility index (Phi) is 88.9. The Hall–Kier alpha value is -1.71. The van der Waals surface area contributed by atoms with Gasteiger partial charge in [0.25, 0.3) is 0 Å². The lowest BCUT2D eigenvalue weighted by Gasteiger charge is -2.01. The summed E-state index contributed by atoms with van der Waals surface area (Å²) in [6, 6.07) is 0. The Bertz CT molecular complexity index is 431. The zero-order valence-electron chi connectivity index (χ0n) is 21.8. The number of hydrogen-bond acceptors (Lipinski definition) is 9. The van der Waals surface area contributed by atoms with Crippen LogP contribution in [-0.4, -0.2) is 78.9 Å². The Labute approximate surface area is 245 Å². The van der Waals surface area contributed by atoms with Crippen LogP contribution in [0.25, 0.3) is 0 Å². The van der Waals surface area contributed by atoms with Gasteiger partial charge in [0.05, 0.1) is 19.8 Å². The van der Waals surface area contributed by atoms with Crippen molar-refractivity contribution < 1.29 is 42.8 Å². The van der Waals surface area contributed by atoms with Gasteiger partial charge in [0.1, 0.15) is 0 Å². The molecule has 0 fully saturated rings. The minimum atomic E-state index is -0.211. The Morgan fingerprint density at radius 3 is 0.769 bits per heavy atom. The molecule has 0 aliphatic heterocycles. The first-order chi connectivity index (χ1) is 15.8. The number of esters is 3. The topological polar surface area (TPSA) is 107 Å². The summed E-state index contributed by atoms with van der Waals surface area (Å²) in [5, 5.41) is 0. The van der Waals surface area contributed by atoms with Gasteiger partial charge in [-0.2, -0.15) is 0 Å². The minimum absolute atomic E-state index is 0. The van der Waals surface area contributed by atoms with Crippen LogP contribution in [0.2, 0.25) is 0 Å². The average Bonchev–Trinajstić information content (AvgIpc) is 2.76. The van der Waals surface area contributed by atoms with Gasteiger partial charge in [-0.05, 0) is 51.4 Å². The molecule has 246 valence electrons. The van der Waals surface area contributed by atoms with Gasteiger partial charge in [0.2, 0.25) is 0 Å². The molecular weight excluding hydrogens is 504 g/mol. The molecule has 0 aromatic carbocycles. The number of carbonyl (C=O) groups excluding carboxylic acids is 3. The molecule has 39 heavy (non-hydrogen) atoms. The van der Waals surface area contributed by atoms with Gasteiger partial charge in [-0.3, -0.25) is 14.4 Å². The molecule has 0 rings (SSSR count). The van der Waals surface area contributed by atoms with Crippen LogP contribution in [-0.2, 0) is 42.8 Å². The van der Waals surface area contributed by atoms with Crippen molar-refractivity contribution in [1.29, 1.82) is 0 Å². The summed E-state index contributed by atoms with van der Waals surface area (Å²) in [6.07, 6.45) is 9.17. The van der Waals surface area contributed by atoms with E-state index < -0.39 is 0 Å². The van der Waals surface area contributed by atoms with E-state index in [1.165, 1.54) is 20.8 Å². The van der Waals surface area contributed by atoms with Gasteiger partial charge in [-0.1, -0.05) is 51.0 Å². The van der Waals surface area contributed by atoms with E-state index in [-0.39, 0.29) is 62.5 Å². The molecule has 0 spiro atoms. The van der Waals surface area contributed by atoms with Crippen LogP contribution in [0.3, 0.4) is 0 Å². The summed E-state index contributed by atoms with van der Waals surface area (Å²) in [7, 11) is 5.05. The van der Waals surface area contributed by atoms with Crippen molar-refractivity contribution in [2.24, 2.45) is 0 Å². The van der Waals surface area contributed by atoms with E-state index >= 15 is 0 Å². The maximum absolute atomic E-state index is 10.3. The van der Waals surface area contributed by atoms with Crippen LogP contribution in [0.5, 0.6) is 0 Å². The number of hydrogen-bond donors (Lipinski definition) is 0. The molecule has 9 nitrogen and oxygen atoms in total. The molecule has 0 aliphatic carbocycles. The number of rotatable bonds is 18. The second-order valence-corrected chi connectivity index (χ2v) is 7.18. The fourth-order valence-electron chi connectivity index (χ4n) is 2.22. The number of carbonyl (C=O) groups is 3. The van der Waals surface area contributed by atoms with Crippen molar-refractivity contribution in [2.75, 3.05) is 61.0 Å². The van der Waals surface area contributed by atoms with E-state index in [2.05, 4.69) is 0 Å². The van der Waals surface area contributed by atoms with Crippen LogP contribution < -0.4 is 0 Å². The van der Waals surface area contributed by atoms with E-state index in [9.17, 15) is 14.4 Å². The summed E-state index contributed by atoms with van der Waals surface area (Å²) in [5.41, 5.74) is 0. The Balaban J connectivity index is -0.0000000461. The highest BCUT2D eigenvalue weighted by Crippen LogP contribution is 2.00. The molecule has 0 atom stereocenters. The van der Waals surface area contributed by atoms with Crippen LogP contribution in [0.4, 0.5) is 0 Å². The molecule has 0 N–H and O–H groups in total. The zero-order chi connectivity index (χ0) is 25.6. The number of ether oxygens (including phenoxy) is 6. The molecule has 0 aromatic heterocycles. The molecule has 0 aliphatic rings. The summed E-state index contributed by atoms with van der Waals surface area (Å²) in [5.74, 6) is -0.596. The normalized spacial score (nSPS) is 8.15. The molecule has 0 unspecified atom stereocenters. The first-order valence-corrected chi connectivity index (χ1v) is 11.7. The third-order valence-corrected chi connectivity index (χ3v) is 3.89. The minimum Gasteiger partial charge on any atom is -0.466 e. The highest BCUT2D eigenvalue weighted by atomic mass is 16.5. The first-order valence-electron chi connectivity index (χ1n) is 11.7. The van der Waals surface area contributed by atoms with Crippen molar-refractivity contribution in [3.8, 4) is 0 Å². The maximum atomic E-state index is 10.3. The predicted molar refractivity (Wildman–Crippen MR) is 167 cm³/mol. The van der Waals surface area contributed by atoms with Gasteiger partial charge >= 0.3 is 17.9 Å². The van der Waals surface area contributed by atoms with Crippen molar-refractivity contribution in [3.63, 3.8) is 0 Å². The largest absolute Gasteiger partial charge is 0.466 e. The SMILES string of the molecule is C.C.C.C.C.C.COCCCCCCOC(C)=O.COCCCCCOC(C)=O.COCCCCOC(C)=O. The molecule has 0 radical (unpaired) electrons. The van der Waals surface area contributed by atoms with E-state index in [0.717, 1.165) is 77.6 Å². The third kappa shape index (κ3) is 85.9. The molecule has 0 saturated heterocycles. The Morgan fingerprint density at radius 2 is 0.538 bits per heavy atom. The van der Waals surface area contributed by atoms with Gasteiger partial charge in [0, 0.05) is 61.9 Å². The molecule has 0 bridgehead atoms. The standard InChI is InChI=1S/C9H18O3.C8H16O3.C7H14O3.6CH4/c1-9(10)12-8-6-4-3-5-7-11-2;1-8(9)11-7-5-3-4-6-10-2;1-7(8)10-6-4-3-5-9-2;;;;;;/h3-8H2,1-2H3;3-7H2,1-2H3;3-6H2,1-2H3;6*1H4. The third-order valence-electron chi connectivity index (χ3n) is 3.89. The fourth-order valence-corrected chi connectivity index (χ4v) is 2.22. The number of methoxy groups -OCH3 is 3. The van der Waals surface area contributed by atoms with E-state index in [4.69, 9.17) is 28.4 Å². The van der Waals surface area contributed by atoms with Crippen LogP contribution in [0.1, 0.15) is 123 Å². The quantitative estimate of drug-likeness (QED) is 0.0913. The van der Waals surface area contributed by atoms with Gasteiger partial charge < -0.3 is 28.4 Å². The van der Waals surface area contributed by atoms with Crippen molar-refractivity contribution in [2.45, 2.75) is 123 Å². The van der Waals surface area contributed by atoms with Crippen molar-refractivity contribution in [3.05, 3.63) is 0 Å². The molecule has 0 amide bonds.